The third-order valence-corrected chi connectivity index (χ3v) is 4.30. The second-order valence-corrected chi connectivity index (χ2v) is 6.36. The zero-order chi connectivity index (χ0) is 12.5. The highest BCUT2D eigenvalue weighted by Crippen LogP contribution is 2.30. The van der Waals surface area contributed by atoms with Gasteiger partial charge in [0.25, 0.3) is 0 Å². The Kier molecular flexibility index (Phi) is 3.66. The molecule has 2 aromatic rings. The molecule has 0 aliphatic heterocycles. The third kappa shape index (κ3) is 2.76. The molecule has 0 unspecified atom stereocenters. The van der Waals surface area contributed by atoms with Crippen LogP contribution < -0.4 is 0 Å². The fraction of sp³-hybridized carbons (Fsp3) is 0.308. The van der Waals surface area contributed by atoms with Crippen LogP contribution in [-0.2, 0) is 5.41 Å². The molecule has 90 valence electrons. The molecule has 0 spiro atoms. The molecular weight excluding hydrogens is 298 g/mol. The van der Waals surface area contributed by atoms with Gasteiger partial charge in [0, 0.05) is 20.8 Å². The van der Waals surface area contributed by atoms with E-state index in [0.717, 1.165) is 20.7 Å². The van der Waals surface area contributed by atoms with Crippen LogP contribution in [0.15, 0.2) is 34.1 Å². The van der Waals surface area contributed by atoms with Crippen molar-refractivity contribution in [1.29, 1.82) is 0 Å². The number of aliphatic hydroxyl groups excluding tert-OH is 1. The standard InChI is InChI=1S/C13H14BrNOS/c1-13(2,8-16)12-15-11(7-17-12)9-4-3-5-10(14)6-9/h3-7,16H,8H2,1-2H3. The lowest BCUT2D eigenvalue weighted by Crippen LogP contribution is -2.21. The van der Waals surface area contributed by atoms with E-state index in [0.29, 0.717) is 0 Å². The van der Waals surface area contributed by atoms with E-state index in [1.54, 1.807) is 11.3 Å². The number of thiazole rings is 1. The largest absolute Gasteiger partial charge is 0.395 e. The molecule has 17 heavy (non-hydrogen) atoms. The Morgan fingerprint density at radius 3 is 2.82 bits per heavy atom. The summed E-state index contributed by atoms with van der Waals surface area (Å²) in [6, 6.07) is 8.07. The lowest BCUT2D eigenvalue weighted by atomic mass is 9.96. The molecular formula is C13H14BrNOS. The van der Waals surface area contributed by atoms with E-state index >= 15 is 0 Å². The number of hydrogen-bond acceptors (Lipinski definition) is 3. The average Bonchev–Trinajstić information content (AvgIpc) is 2.79. The summed E-state index contributed by atoms with van der Waals surface area (Å²) in [5.74, 6) is 0. The fourth-order valence-electron chi connectivity index (χ4n) is 1.43. The van der Waals surface area contributed by atoms with Crippen molar-refractivity contribution in [3.63, 3.8) is 0 Å². The first-order chi connectivity index (χ1) is 8.03. The summed E-state index contributed by atoms with van der Waals surface area (Å²) in [6.45, 7) is 4.10. The molecule has 2 nitrogen and oxygen atoms in total. The second kappa shape index (κ2) is 4.88. The molecule has 2 rings (SSSR count). The van der Waals surface area contributed by atoms with Crippen LogP contribution >= 0.6 is 27.3 Å². The van der Waals surface area contributed by atoms with E-state index in [1.165, 1.54) is 0 Å². The van der Waals surface area contributed by atoms with Gasteiger partial charge in [-0.25, -0.2) is 4.98 Å². The summed E-state index contributed by atoms with van der Waals surface area (Å²) in [5, 5.41) is 12.3. The van der Waals surface area contributed by atoms with Crippen LogP contribution in [0.5, 0.6) is 0 Å². The number of benzene rings is 1. The first-order valence-corrected chi connectivity index (χ1v) is 7.03. The topological polar surface area (TPSA) is 33.1 Å². The van der Waals surface area contributed by atoms with Crippen molar-refractivity contribution in [3.8, 4) is 11.3 Å². The lowest BCUT2D eigenvalue weighted by molar-refractivity contribution is 0.218. The molecule has 0 amide bonds. The Labute approximate surface area is 113 Å². The zero-order valence-electron chi connectivity index (χ0n) is 9.77. The first kappa shape index (κ1) is 12.7. The molecule has 0 aliphatic carbocycles. The Morgan fingerprint density at radius 2 is 2.18 bits per heavy atom. The predicted octanol–water partition coefficient (Wildman–Crippen LogP) is 3.84. The molecule has 4 heteroatoms. The van der Waals surface area contributed by atoms with Gasteiger partial charge in [-0.2, -0.15) is 0 Å². The van der Waals surface area contributed by atoms with Crippen LogP contribution in [0.2, 0.25) is 0 Å². The molecule has 0 radical (unpaired) electrons. The quantitative estimate of drug-likeness (QED) is 0.934. The normalized spacial score (nSPS) is 11.8. The molecule has 0 atom stereocenters. The minimum Gasteiger partial charge on any atom is -0.395 e. The van der Waals surface area contributed by atoms with Crippen molar-refractivity contribution in [3.05, 3.63) is 39.1 Å². The van der Waals surface area contributed by atoms with E-state index in [2.05, 4.69) is 20.9 Å². The fourth-order valence-corrected chi connectivity index (χ4v) is 2.78. The van der Waals surface area contributed by atoms with Crippen molar-refractivity contribution >= 4 is 27.3 Å². The molecule has 0 fully saturated rings. The number of halogens is 1. The number of rotatable bonds is 3. The maximum Gasteiger partial charge on any atom is 0.101 e. The van der Waals surface area contributed by atoms with Gasteiger partial charge in [0.2, 0.25) is 0 Å². The number of aliphatic hydroxyl groups is 1. The van der Waals surface area contributed by atoms with Crippen LogP contribution in [0, 0.1) is 0 Å². The molecule has 0 bridgehead atoms. The highest BCUT2D eigenvalue weighted by Gasteiger charge is 2.23. The highest BCUT2D eigenvalue weighted by molar-refractivity contribution is 9.10. The predicted molar refractivity (Wildman–Crippen MR) is 75.4 cm³/mol. The van der Waals surface area contributed by atoms with Gasteiger partial charge in [-0.05, 0) is 12.1 Å². The van der Waals surface area contributed by atoms with Crippen molar-refractivity contribution in [1.82, 2.24) is 4.98 Å². The first-order valence-electron chi connectivity index (χ1n) is 5.36. The zero-order valence-corrected chi connectivity index (χ0v) is 12.2. The van der Waals surface area contributed by atoms with Crippen LogP contribution in [-0.4, -0.2) is 16.7 Å². The van der Waals surface area contributed by atoms with E-state index in [4.69, 9.17) is 0 Å². The molecule has 0 saturated carbocycles. The monoisotopic (exact) mass is 311 g/mol. The van der Waals surface area contributed by atoms with E-state index in [-0.39, 0.29) is 12.0 Å². The summed E-state index contributed by atoms with van der Waals surface area (Å²) >= 11 is 5.05. The van der Waals surface area contributed by atoms with Gasteiger partial charge in [0.1, 0.15) is 5.01 Å². The summed E-state index contributed by atoms with van der Waals surface area (Å²) in [5.41, 5.74) is 1.79. The molecule has 0 aliphatic rings. The molecule has 1 aromatic heterocycles. The highest BCUT2D eigenvalue weighted by atomic mass is 79.9. The molecule has 1 N–H and O–H groups in total. The molecule has 1 heterocycles. The van der Waals surface area contributed by atoms with E-state index in [9.17, 15) is 5.11 Å². The van der Waals surface area contributed by atoms with E-state index in [1.807, 2.05) is 43.5 Å². The molecule has 1 aromatic carbocycles. The van der Waals surface area contributed by atoms with Crippen molar-refractivity contribution in [2.75, 3.05) is 6.61 Å². The summed E-state index contributed by atoms with van der Waals surface area (Å²) < 4.78 is 1.05. The summed E-state index contributed by atoms with van der Waals surface area (Å²) in [4.78, 5) is 4.60. The summed E-state index contributed by atoms with van der Waals surface area (Å²) in [6.07, 6.45) is 0. The van der Waals surface area contributed by atoms with Crippen LogP contribution in [0.1, 0.15) is 18.9 Å². The van der Waals surface area contributed by atoms with Crippen LogP contribution in [0.4, 0.5) is 0 Å². The van der Waals surface area contributed by atoms with E-state index < -0.39 is 0 Å². The van der Waals surface area contributed by atoms with Crippen molar-refractivity contribution in [2.45, 2.75) is 19.3 Å². The Morgan fingerprint density at radius 1 is 1.41 bits per heavy atom. The Balaban J connectivity index is 2.36. The lowest BCUT2D eigenvalue weighted by Gasteiger charge is -2.17. The van der Waals surface area contributed by atoms with Gasteiger partial charge in [0.15, 0.2) is 0 Å². The second-order valence-electron chi connectivity index (χ2n) is 4.59. The SMILES string of the molecule is CC(C)(CO)c1nc(-c2cccc(Br)c2)cs1. The average molecular weight is 312 g/mol. The number of aromatic nitrogens is 1. The van der Waals surface area contributed by atoms with Gasteiger partial charge in [-0.3, -0.25) is 0 Å². The van der Waals surface area contributed by atoms with Gasteiger partial charge < -0.3 is 5.11 Å². The number of hydrogen-bond donors (Lipinski definition) is 1. The van der Waals surface area contributed by atoms with Gasteiger partial charge in [0.05, 0.1) is 12.3 Å². The maximum atomic E-state index is 9.33. The Bertz CT molecular complexity index is 522. The van der Waals surface area contributed by atoms with Gasteiger partial charge >= 0.3 is 0 Å². The summed E-state index contributed by atoms with van der Waals surface area (Å²) in [7, 11) is 0. The minimum atomic E-state index is -0.269. The van der Waals surface area contributed by atoms with Crippen LogP contribution in [0.25, 0.3) is 11.3 Å². The Hall–Kier alpha value is -0.710. The van der Waals surface area contributed by atoms with Crippen molar-refractivity contribution in [2.24, 2.45) is 0 Å². The van der Waals surface area contributed by atoms with Gasteiger partial charge in [-0.1, -0.05) is 41.9 Å². The number of nitrogens with zero attached hydrogens (tertiary/aromatic N) is 1. The third-order valence-electron chi connectivity index (χ3n) is 2.60. The van der Waals surface area contributed by atoms with Crippen molar-refractivity contribution < 1.29 is 5.11 Å². The smallest absolute Gasteiger partial charge is 0.101 e. The maximum absolute atomic E-state index is 9.33. The van der Waals surface area contributed by atoms with Crippen LogP contribution in [0.3, 0.4) is 0 Å². The van der Waals surface area contributed by atoms with Gasteiger partial charge in [-0.15, -0.1) is 11.3 Å². The minimum absolute atomic E-state index is 0.110. The molecule has 0 saturated heterocycles.